The molecule has 0 aromatic rings. The number of likely N-dealkylation sites (tertiary alicyclic amines) is 1. The summed E-state index contributed by atoms with van der Waals surface area (Å²) in [6.45, 7) is 10.6. The molecule has 1 N–H and O–H groups in total. The summed E-state index contributed by atoms with van der Waals surface area (Å²) in [4.78, 5) is 13.6. The van der Waals surface area contributed by atoms with Crippen molar-refractivity contribution in [2.75, 3.05) is 19.6 Å². The second kappa shape index (κ2) is 10.1. The van der Waals surface area contributed by atoms with Gasteiger partial charge in [0.05, 0.1) is 0 Å². The molecular weight excluding hydrogens is 276 g/mol. The quantitative estimate of drug-likeness (QED) is 0.610. The molecule has 0 unspecified atom stereocenters. The van der Waals surface area contributed by atoms with E-state index in [1.54, 1.807) is 4.90 Å². The molecule has 0 aromatic carbocycles. The van der Waals surface area contributed by atoms with Crippen LogP contribution in [-0.2, 0) is 4.74 Å². The minimum Gasteiger partial charge on any atom is -0.444 e. The first-order valence-corrected chi connectivity index (χ1v) is 9.13. The maximum Gasteiger partial charge on any atom is 0.410 e. The van der Waals surface area contributed by atoms with Crippen LogP contribution in [0, 0.1) is 0 Å². The summed E-state index contributed by atoms with van der Waals surface area (Å²) in [6, 6.07) is 0.456. The fraction of sp³-hybridized carbons (Fsp3) is 0.944. The van der Waals surface area contributed by atoms with Crippen molar-refractivity contribution >= 4 is 6.09 Å². The van der Waals surface area contributed by atoms with E-state index in [0.717, 1.165) is 19.6 Å². The summed E-state index contributed by atoms with van der Waals surface area (Å²) < 4.78 is 5.35. The molecule has 4 heteroatoms. The van der Waals surface area contributed by atoms with E-state index in [1.165, 1.54) is 51.4 Å². The molecular formula is C18H36N2O2. The summed E-state index contributed by atoms with van der Waals surface area (Å²) in [7, 11) is 0. The predicted molar refractivity (Wildman–Crippen MR) is 92.2 cm³/mol. The Morgan fingerprint density at radius 3 is 2.14 bits per heavy atom. The number of carbonyl (C=O) groups is 1. The molecule has 1 saturated heterocycles. The Labute approximate surface area is 137 Å². The van der Waals surface area contributed by atoms with Gasteiger partial charge in [-0.25, -0.2) is 4.79 Å². The van der Waals surface area contributed by atoms with E-state index in [4.69, 9.17) is 4.74 Å². The van der Waals surface area contributed by atoms with Gasteiger partial charge in [-0.05, 0) is 33.7 Å². The molecule has 0 bridgehead atoms. The average molecular weight is 312 g/mol. The summed E-state index contributed by atoms with van der Waals surface area (Å²) >= 11 is 0. The lowest BCUT2D eigenvalue weighted by atomic mass is 10.1. The molecule has 0 atom stereocenters. The monoisotopic (exact) mass is 312 g/mol. The van der Waals surface area contributed by atoms with Crippen LogP contribution >= 0.6 is 0 Å². The Balaban J connectivity index is 1.89. The Kier molecular flexibility index (Phi) is 8.84. The van der Waals surface area contributed by atoms with E-state index in [0.29, 0.717) is 6.04 Å². The van der Waals surface area contributed by atoms with E-state index < -0.39 is 5.60 Å². The number of rotatable bonds is 10. The number of unbranched alkanes of at least 4 members (excludes halogenated alkanes) is 7. The Bertz CT molecular complexity index is 307. The standard InChI is InChI=1S/C18H36N2O2/c1-5-6-7-8-9-10-11-12-13-19-16-14-20(15-16)17(21)22-18(2,3)4/h16,19H,5-15H2,1-4H3. The topological polar surface area (TPSA) is 41.6 Å². The normalized spacial score (nSPS) is 15.7. The lowest BCUT2D eigenvalue weighted by Gasteiger charge is -2.40. The first kappa shape index (κ1) is 19.3. The summed E-state index contributed by atoms with van der Waals surface area (Å²) in [5, 5.41) is 3.53. The molecule has 22 heavy (non-hydrogen) atoms. The number of carbonyl (C=O) groups excluding carboxylic acids is 1. The van der Waals surface area contributed by atoms with Crippen molar-refractivity contribution < 1.29 is 9.53 Å². The van der Waals surface area contributed by atoms with Crippen LogP contribution in [-0.4, -0.2) is 42.3 Å². The van der Waals surface area contributed by atoms with E-state index in [9.17, 15) is 4.79 Å². The number of hydrogen-bond acceptors (Lipinski definition) is 3. The highest BCUT2D eigenvalue weighted by molar-refractivity contribution is 5.69. The van der Waals surface area contributed by atoms with Crippen LogP contribution in [0.4, 0.5) is 4.79 Å². The molecule has 4 nitrogen and oxygen atoms in total. The highest BCUT2D eigenvalue weighted by Gasteiger charge is 2.32. The Morgan fingerprint density at radius 2 is 1.59 bits per heavy atom. The SMILES string of the molecule is CCCCCCCCCCNC1CN(C(=O)OC(C)(C)C)C1. The number of nitrogens with one attached hydrogen (secondary N) is 1. The second-order valence-electron chi connectivity index (χ2n) is 7.51. The molecule has 0 radical (unpaired) electrons. The molecule has 1 aliphatic rings. The minimum atomic E-state index is -0.396. The first-order chi connectivity index (χ1) is 10.4. The third-order valence-electron chi connectivity index (χ3n) is 4.00. The van der Waals surface area contributed by atoms with Crippen LogP contribution in [0.15, 0.2) is 0 Å². The van der Waals surface area contributed by atoms with Crippen LogP contribution < -0.4 is 5.32 Å². The molecule has 1 aliphatic heterocycles. The predicted octanol–water partition coefficient (Wildman–Crippen LogP) is 4.34. The van der Waals surface area contributed by atoms with Gasteiger partial charge in [0.25, 0.3) is 0 Å². The van der Waals surface area contributed by atoms with E-state index in [-0.39, 0.29) is 6.09 Å². The van der Waals surface area contributed by atoms with Gasteiger partial charge in [0.2, 0.25) is 0 Å². The van der Waals surface area contributed by atoms with Gasteiger partial charge in [0.1, 0.15) is 5.60 Å². The summed E-state index contributed by atoms with van der Waals surface area (Å²) in [5.41, 5.74) is -0.396. The number of nitrogens with zero attached hydrogens (tertiary/aromatic N) is 1. The van der Waals surface area contributed by atoms with Crippen molar-refractivity contribution in [2.45, 2.75) is 90.7 Å². The van der Waals surface area contributed by atoms with E-state index >= 15 is 0 Å². The second-order valence-corrected chi connectivity index (χ2v) is 7.51. The highest BCUT2D eigenvalue weighted by Crippen LogP contribution is 2.15. The zero-order valence-electron chi connectivity index (χ0n) is 15.1. The Hall–Kier alpha value is -0.770. The molecule has 0 saturated carbocycles. The van der Waals surface area contributed by atoms with Crippen molar-refractivity contribution in [2.24, 2.45) is 0 Å². The fourth-order valence-electron chi connectivity index (χ4n) is 2.65. The van der Waals surface area contributed by atoms with Crippen LogP contribution in [0.1, 0.15) is 79.1 Å². The van der Waals surface area contributed by atoms with Crippen LogP contribution in [0.3, 0.4) is 0 Å². The van der Waals surface area contributed by atoms with Crippen molar-refractivity contribution in [1.29, 1.82) is 0 Å². The van der Waals surface area contributed by atoms with Crippen molar-refractivity contribution in [3.05, 3.63) is 0 Å². The van der Waals surface area contributed by atoms with Crippen molar-refractivity contribution in [1.82, 2.24) is 10.2 Å². The first-order valence-electron chi connectivity index (χ1n) is 9.13. The third-order valence-corrected chi connectivity index (χ3v) is 4.00. The zero-order valence-corrected chi connectivity index (χ0v) is 15.1. The maximum absolute atomic E-state index is 11.8. The number of amides is 1. The van der Waals surface area contributed by atoms with Gasteiger partial charge in [-0.2, -0.15) is 0 Å². The Morgan fingerprint density at radius 1 is 1.05 bits per heavy atom. The van der Waals surface area contributed by atoms with Gasteiger partial charge in [0.15, 0.2) is 0 Å². The number of ether oxygens (including phenoxy) is 1. The highest BCUT2D eigenvalue weighted by atomic mass is 16.6. The lowest BCUT2D eigenvalue weighted by molar-refractivity contribution is 0.00535. The van der Waals surface area contributed by atoms with Gasteiger partial charge in [0, 0.05) is 19.1 Å². The van der Waals surface area contributed by atoms with Gasteiger partial charge < -0.3 is 15.0 Å². The maximum atomic E-state index is 11.8. The third kappa shape index (κ3) is 8.62. The van der Waals surface area contributed by atoms with Crippen molar-refractivity contribution in [3.8, 4) is 0 Å². The molecule has 130 valence electrons. The molecule has 0 aromatic heterocycles. The lowest BCUT2D eigenvalue weighted by Crippen LogP contribution is -2.60. The van der Waals surface area contributed by atoms with E-state index in [1.807, 2.05) is 20.8 Å². The van der Waals surface area contributed by atoms with Gasteiger partial charge >= 0.3 is 6.09 Å². The molecule has 0 spiro atoms. The van der Waals surface area contributed by atoms with Gasteiger partial charge in [-0.3, -0.25) is 0 Å². The largest absolute Gasteiger partial charge is 0.444 e. The van der Waals surface area contributed by atoms with Gasteiger partial charge in [-0.1, -0.05) is 51.9 Å². The smallest absolute Gasteiger partial charge is 0.410 e. The molecule has 1 fully saturated rings. The van der Waals surface area contributed by atoms with Crippen LogP contribution in [0.2, 0.25) is 0 Å². The molecule has 1 amide bonds. The fourth-order valence-corrected chi connectivity index (χ4v) is 2.65. The average Bonchev–Trinajstić information content (AvgIpc) is 2.36. The zero-order chi connectivity index (χ0) is 16.4. The van der Waals surface area contributed by atoms with Gasteiger partial charge in [-0.15, -0.1) is 0 Å². The summed E-state index contributed by atoms with van der Waals surface area (Å²) in [5.74, 6) is 0. The summed E-state index contributed by atoms with van der Waals surface area (Å²) in [6.07, 6.45) is 10.6. The van der Waals surface area contributed by atoms with Crippen LogP contribution in [0.5, 0.6) is 0 Å². The van der Waals surface area contributed by atoms with Crippen LogP contribution in [0.25, 0.3) is 0 Å². The molecule has 1 rings (SSSR count). The van der Waals surface area contributed by atoms with Crippen molar-refractivity contribution in [3.63, 3.8) is 0 Å². The minimum absolute atomic E-state index is 0.183. The number of hydrogen-bond donors (Lipinski definition) is 1. The molecule has 0 aliphatic carbocycles. The molecule has 1 heterocycles. The van der Waals surface area contributed by atoms with E-state index in [2.05, 4.69) is 12.2 Å².